The summed E-state index contributed by atoms with van der Waals surface area (Å²) < 4.78 is 14.9. The van der Waals surface area contributed by atoms with E-state index in [1.165, 1.54) is 11.3 Å². The van der Waals surface area contributed by atoms with Crippen molar-refractivity contribution >= 4 is 26.8 Å². The SMILES string of the molecule is CN(c1nc2nnccc2s1)[C@@H]1CCNC[C@H]1F. The monoisotopic (exact) mass is 267 g/mol. The summed E-state index contributed by atoms with van der Waals surface area (Å²) in [4.78, 5) is 6.33. The molecule has 0 saturated carbocycles. The van der Waals surface area contributed by atoms with Gasteiger partial charge in [-0.3, -0.25) is 0 Å². The average molecular weight is 267 g/mol. The first kappa shape index (κ1) is 11.7. The summed E-state index contributed by atoms with van der Waals surface area (Å²) in [6.45, 7) is 1.26. The molecule has 7 heteroatoms. The number of alkyl halides is 1. The number of aromatic nitrogens is 3. The molecular weight excluding hydrogens is 253 g/mol. The van der Waals surface area contributed by atoms with Gasteiger partial charge in [0, 0.05) is 13.6 Å². The summed E-state index contributed by atoms with van der Waals surface area (Å²) in [6.07, 6.45) is 1.58. The molecule has 2 atom stereocenters. The molecule has 1 N–H and O–H groups in total. The van der Waals surface area contributed by atoms with Crippen LogP contribution in [-0.2, 0) is 0 Å². The molecule has 0 amide bonds. The van der Waals surface area contributed by atoms with Crippen LogP contribution < -0.4 is 10.2 Å². The highest BCUT2D eigenvalue weighted by Crippen LogP contribution is 2.29. The Labute approximate surface area is 108 Å². The Bertz CT molecular complexity index is 512. The molecule has 3 heterocycles. The Morgan fingerprint density at radius 3 is 3.22 bits per heavy atom. The summed E-state index contributed by atoms with van der Waals surface area (Å²) in [5.74, 6) is 0. The molecule has 1 aliphatic heterocycles. The number of piperidine rings is 1. The van der Waals surface area contributed by atoms with E-state index in [0.29, 0.717) is 12.2 Å². The highest BCUT2D eigenvalue weighted by Gasteiger charge is 2.29. The van der Waals surface area contributed by atoms with Crippen molar-refractivity contribution < 1.29 is 4.39 Å². The van der Waals surface area contributed by atoms with E-state index in [4.69, 9.17) is 0 Å². The van der Waals surface area contributed by atoms with Gasteiger partial charge in [-0.15, -0.1) is 5.10 Å². The van der Waals surface area contributed by atoms with Gasteiger partial charge >= 0.3 is 0 Å². The van der Waals surface area contributed by atoms with E-state index in [-0.39, 0.29) is 6.04 Å². The lowest BCUT2D eigenvalue weighted by Crippen LogP contribution is -2.49. The highest BCUT2D eigenvalue weighted by molar-refractivity contribution is 7.22. The zero-order chi connectivity index (χ0) is 12.5. The minimum absolute atomic E-state index is 0.111. The molecule has 0 spiro atoms. The molecular formula is C11H14FN5S. The van der Waals surface area contributed by atoms with Crippen LogP contribution in [0.25, 0.3) is 10.3 Å². The second kappa shape index (κ2) is 4.74. The molecule has 3 rings (SSSR count). The summed E-state index contributed by atoms with van der Waals surface area (Å²) in [5.41, 5.74) is 0.633. The fourth-order valence-electron chi connectivity index (χ4n) is 2.22. The maximum absolute atomic E-state index is 13.9. The average Bonchev–Trinajstić information content (AvgIpc) is 2.82. The van der Waals surface area contributed by atoms with E-state index in [9.17, 15) is 4.39 Å². The molecule has 0 unspecified atom stereocenters. The summed E-state index contributed by atoms with van der Waals surface area (Å²) in [6, 6.07) is 1.77. The Balaban J connectivity index is 1.88. The zero-order valence-corrected chi connectivity index (χ0v) is 10.8. The van der Waals surface area contributed by atoms with Crippen LogP contribution in [0.15, 0.2) is 12.3 Å². The molecule has 1 aliphatic rings. The fraction of sp³-hybridized carbons (Fsp3) is 0.545. The van der Waals surface area contributed by atoms with Crippen LogP contribution in [0.4, 0.5) is 9.52 Å². The van der Waals surface area contributed by atoms with E-state index < -0.39 is 6.17 Å². The minimum Gasteiger partial charge on any atom is -0.345 e. The Kier molecular flexibility index (Phi) is 3.09. The van der Waals surface area contributed by atoms with Gasteiger partial charge in [0.15, 0.2) is 10.8 Å². The Morgan fingerprint density at radius 2 is 2.44 bits per heavy atom. The first-order chi connectivity index (χ1) is 8.75. The van der Waals surface area contributed by atoms with Crippen molar-refractivity contribution in [3.63, 3.8) is 0 Å². The van der Waals surface area contributed by atoms with Crippen molar-refractivity contribution in [2.24, 2.45) is 0 Å². The zero-order valence-electron chi connectivity index (χ0n) is 10.0. The number of hydrogen-bond donors (Lipinski definition) is 1. The number of halogens is 1. The van der Waals surface area contributed by atoms with Gasteiger partial charge in [-0.05, 0) is 19.0 Å². The number of hydrogen-bond acceptors (Lipinski definition) is 6. The largest absolute Gasteiger partial charge is 0.345 e. The third kappa shape index (κ3) is 2.04. The molecule has 18 heavy (non-hydrogen) atoms. The smallest absolute Gasteiger partial charge is 0.194 e. The summed E-state index contributed by atoms with van der Waals surface area (Å²) in [7, 11) is 1.90. The standard InChI is InChI=1S/C11H14FN5S/c1-17(8-2-4-13-6-7(8)12)11-15-10-9(18-11)3-5-14-16-10/h3,5,7-8,13H,2,4,6H2,1H3/t7-,8-/m1/s1. The Morgan fingerprint density at radius 1 is 1.56 bits per heavy atom. The first-order valence-corrected chi connectivity index (χ1v) is 6.73. The number of nitrogens with one attached hydrogen (secondary N) is 1. The van der Waals surface area contributed by atoms with E-state index in [0.717, 1.165) is 22.8 Å². The molecule has 1 saturated heterocycles. The van der Waals surface area contributed by atoms with Gasteiger partial charge in [0.25, 0.3) is 0 Å². The van der Waals surface area contributed by atoms with Gasteiger partial charge < -0.3 is 10.2 Å². The van der Waals surface area contributed by atoms with Gasteiger partial charge in [-0.1, -0.05) is 11.3 Å². The number of anilines is 1. The highest BCUT2D eigenvalue weighted by atomic mass is 32.1. The van der Waals surface area contributed by atoms with Crippen molar-refractivity contribution in [1.82, 2.24) is 20.5 Å². The summed E-state index contributed by atoms with van der Waals surface area (Å²) in [5, 5.41) is 11.6. The van der Waals surface area contributed by atoms with E-state index in [1.54, 1.807) is 6.20 Å². The second-order valence-corrected chi connectivity index (χ2v) is 5.41. The molecule has 2 aromatic heterocycles. The third-order valence-electron chi connectivity index (χ3n) is 3.24. The fourth-order valence-corrected chi connectivity index (χ4v) is 3.13. The van der Waals surface area contributed by atoms with Gasteiger partial charge in [-0.2, -0.15) is 10.1 Å². The molecule has 5 nitrogen and oxygen atoms in total. The van der Waals surface area contributed by atoms with E-state index >= 15 is 0 Å². The lowest BCUT2D eigenvalue weighted by molar-refractivity contribution is 0.228. The molecule has 2 aromatic rings. The van der Waals surface area contributed by atoms with Crippen LogP contribution in [0.3, 0.4) is 0 Å². The van der Waals surface area contributed by atoms with Crippen molar-refractivity contribution in [3.8, 4) is 0 Å². The molecule has 0 aromatic carbocycles. The number of fused-ring (bicyclic) bond motifs is 1. The van der Waals surface area contributed by atoms with Crippen LogP contribution in [0.2, 0.25) is 0 Å². The number of nitrogens with zero attached hydrogens (tertiary/aromatic N) is 4. The molecule has 0 radical (unpaired) electrons. The van der Waals surface area contributed by atoms with Crippen LogP contribution in [0.1, 0.15) is 6.42 Å². The van der Waals surface area contributed by atoms with Crippen LogP contribution >= 0.6 is 11.3 Å². The maximum atomic E-state index is 13.9. The van der Waals surface area contributed by atoms with Gasteiger partial charge in [0.05, 0.1) is 16.9 Å². The van der Waals surface area contributed by atoms with Crippen LogP contribution in [0.5, 0.6) is 0 Å². The van der Waals surface area contributed by atoms with Crippen molar-refractivity contribution in [2.75, 3.05) is 25.0 Å². The Hall–Kier alpha value is -1.34. The molecule has 0 bridgehead atoms. The van der Waals surface area contributed by atoms with Gasteiger partial charge in [0.2, 0.25) is 0 Å². The molecule has 1 fully saturated rings. The van der Waals surface area contributed by atoms with E-state index in [2.05, 4.69) is 20.5 Å². The number of thiazole rings is 1. The predicted octanol–water partition coefficient (Wildman–Crippen LogP) is 1.22. The van der Waals surface area contributed by atoms with Gasteiger partial charge in [0.1, 0.15) is 6.17 Å². The van der Waals surface area contributed by atoms with Crippen molar-refractivity contribution in [3.05, 3.63) is 12.3 Å². The van der Waals surface area contributed by atoms with Crippen LogP contribution in [0, 0.1) is 0 Å². The quantitative estimate of drug-likeness (QED) is 0.886. The second-order valence-electron chi connectivity index (χ2n) is 4.40. The normalized spacial score (nSPS) is 24.3. The maximum Gasteiger partial charge on any atom is 0.194 e. The van der Waals surface area contributed by atoms with Crippen molar-refractivity contribution in [1.29, 1.82) is 0 Å². The molecule has 96 valence electrons. The van der Waals surface area contributed by atoms with Crippen molar-refractivity contribution in [2.45, 2.75) is 18.6 Å². The first-order valence-electron chi connectivity index (χ1n) is 5.91. The third-order valence-corrected chi connectivity index (χ3v) is 4.34. The lowest BCUT2D eigenvalue weighted by atomic mass is 10.0. The predicted molar refractivity (Wildman–Crippen MR) is 69.8 cm³/mol. The summed E-state index contributed by atoms with van der Waals surface area (Å²) >= 11 is 1.53. The molecule has 0 aliphatic carbocycles. The topological polar surface area (TPSA) is 53.9 Å². The van der Waals surface area contributed by atoms with E-state index in [1.807, 2.05) is 18.0 Å². The van der Waals surface area contributed by atoms with Crippen LogP contribution in [-0.4, -0.2) is 47.5 Å². The number of rotatable bonds is 2. The minimum atomic E-state index is -0.859. The van der Waals surface area contributed by atoms with Gasteiger partial charge in [-0.25, -0.2) is 4.39 Å². The lowest BCUT2D eigenvalue weighted by Gasteiger charge is -2.33.